The van der Waals surface area contributed by atoms with E-state index in [2.05, 4.69) is 10.3 Å². The Balaban J connectivity index is 1.70. The first-order chi connectivity index (χ1) is 12.7. The topological polar surface area (TPSA) is 63.4 Å². The lowest BCUT2D eigenvalue weighted by Gasteiger charge is -2.17. The number of hydrogen-bond donors (Lipinski definition) is 2. The van der Waals surface area contributed by atoms with Crippen LogP contribution in [0.2, 0.25) is 0 Å². The smallest absolute Gasteiger partial charge is 0.416 e. The van der Waals surface area contributed by atoms with Crippen LogP contribution < -0.4 is 14.8 Å². The van der Waals surface area contributed by atoms with Crippen molar-refractivity contribution in [1.82, 2.24) is 4.98 Å². The number of anilines is 1. The molecule has 2 aromatic carbocycles. The second-order valence-corrected chi connectivity index (χ2v) is 5.92. The number of hydrogen-bond acceptors (Lipinski definition) is 3. The summed E-state index contributed by atoms with van der Waals surface area (Å²) in [6.45, 7) is 3.05. The highest BCUT2D eigenvalue weighted by molar-refractivity contribution is 6.01. The fraction of sp³-hybridized carbons (Fsp3) is 0.211. The Labute approximate surface area is 153 Å². The van der Waals surface area contributed by atoms with Gasteiger partial charge >= 0.3 is 6.18 Å². The predicted octanol–water partition coefficient (Wildman–Crippen LogP) is 4.95. The van der Waals surface area contributed by atoms with E-state index in [-0.39, 0.29) is 11.7 Å². The van der Waals surface area contributed by atoms with Crippen LogP contribution in [0, 0.1) is 0 Å². The van der Waals surface area contributed by atoms with Crippen LogP contribution in [0.1, 0.15) is 19.4 Å². The summed E-state index contributed by atoms with van der Waals surface area (Å²) in [6.07, 6.45) is -3.45. The van der Waals surface area contributed by atoms with Crippen LogP contribution in [0.3, 0.4) is 0 Å². The molecule has 2 N–H and O–H groups in total. The Morgan fingerprint density at radius 3 is 2.33 bits per heavy atom. The zero-order valence-corrected chi connectivity index (χ0v) is 14.6. The van der Waals surface area contributed by atoms with Gasteiger partial charge in [-0.1, -0.05) is 0 Å². The molecular weight excluding hydrogens is 361 g/mol. The van der Waals surface area contributed by atoms with Gasteiger partial charge in [-0.25, -0.2) is 0 Å². The number of fused-ring (bicyclic) bond motifs is 1. The van der Waals surface area contributed by atoms with Crippen molar-refractivity contribution >= 4 is 22.5 Å². The molecule has 0 bridgehead atoms. The Kier molecular flexibility index (Phi) is 4.98. The summed E-state index contributed by atoms with van der Waals surface area (Å²) >= 11 is 0. The number of nitrogens with one attached hydrogen (secondary N) is 2. The zero-order chi connectivity index (χ0) is 19.6. The van der Waals surface area contributed by atoms with Crippen LogP contribution in [0.4, 0.5) is 18.9 Å². The van der Waals surface area contributed by atoms with Gasteiger partial charge < -0.3 is 19.8 Å². The minimum absolute atomic E-state index is 0.193. The van der Waals surface area contributed by atoms with E-state index >= 15 is 0 Å². The lowest BCUT2D eigenvalue weighted by molar-refractivity contribution is -0.137. The normalized spacial score (nSPS) is 12.6. The van der Waals surface area contributed by atoms with Crippen LogP contribution in [0.25, 0.3) is 10.9 Å². The van der Waals surface area contributed by atoms with E-state index < -0.39 is 18.0 Å². The van der Waals surface area contributed by atoms with Crippen molar-refractivity contribution in [2.24, 2.45) is 0 Å². The van der Waals surface area contributed by atoms with E-state index in [1.54, 1.807) is 31.3 Å². The van der Waals surface area contributed by atoms with Crippen molar-refractivity contribution in [2.75, 3.05) is 5.32 Å². The molecular formula is C19H17F3N2O3. The van der Waals surface area contributed by atoms with E-state index in [9.17, 15) is 18.0 Å². The van der Waals surface area contributed by atoms with Crippen LogP contribution >= 0.6 is 0 Å². The molecule has 0 fully saturated rings. The van der Waals surface area contributed by atoms with Gasteiger partial charge in [0.25, 0.3) is 0 Å². The maximum atomic E-state index is 12.6. The molecule has 0 aliphatic rings. The number of amides is 1. The summed E-state index contributed by atoms with van der Waals surface area (Å²) in [5.74, 6) is 0.562. The van der Waals surface area contributed by atoms with Gasteiger partial charge in [0, 0.05) is 30.9 Å². The molecule has 27 heavy (non-hydrogen) atoms. The van der Waals surface area contributed by atoms with Gasteiger partial charge in [-0.15, -0.1) is 0 Å². The number of halogens is 3. The molecule has 1 amide bonds. The second-order valence-electron chi connectivity index (χ2n) is 5.92. The van der Waals surface area contributed by atoms with E-state index in [0.717, 1.165) is 23.0 Å². The lowest BCUT2D eigenvalue weighted by atomic mass is 10.2. The maximum Gasteiger partial charge on any atom is 0.416 e. The van der Waals surface area contributed by atoms with Crippen molar-refractivity contribution in [3.8, 4) is 11.5 Å². The van der Waals surface area contributed by atoms with Gasteiger partial charge in [-0.3, -0.25) is 4.79 Å². The standard InChI is InChI=1S/C19H17F3N2O3/c1-11(25)24-18-10-23-17-8-7-15(9-16(17)18)27-12(2)26-14-5-3-13(4-6-14)19(20,21)22/h3-10,12,23H,1-2H3,(H,24,25). The summed E-state index contributed by atoms with van der Waals surface area (Å²) in [7, 11) is 0. The lowest BCUT2D eigenvalue weighted by Crippen LogP contribution is -2.19. The highest BCUT2D eigenvalue weighted by Gasteiger charge is 2.30. The fourth-order valence-electron chi connectivity index (χ4n) is 2.60. The Morgan fingerprint density at radius 2 is 1.70 bits per heavy atom. The van der Waals surface area contributed by atoms with Crippen molar-refractivity contribution < 1.29 is 27.4 Å². The van der Waals surface area contributed by atoms with E-state index in [1.165, 1.54) is 19.1 Å². The monoisotopic (exact) mass is 378 g/mol. The van der Waals surface area contributed by atoms with Gasteiger partial charge in [0.05, 0.1) is 11.3 Å². The molecule has 5 nitrogen and oxygen atoms in total. The highest BCUT2D eigenvalue weighted by Crippen LogP contribution is 2.31. The van der Waals surface area contributed by atoms with Crippen molar-refractivity contribution in [3.63, 3.8) is 0 Å². The first kappa shape index (κ1) is 18.6. The Morgan fingerprint density at radius 1 is 1.07 bits per heavy atom. The first-order valence-electron chi connectivity index (χ1n) is 8.11. The van der Waals surface area contributed by atoms with Gasteiger partial charge in [0.2, 0.25) is 12.2 Å². The van der Waals surface area contributed by atoms with Crippen LogP contribution in [-0.2, 0) is 11.0 Å². The number of aromatic nitrogens is 1. The average molecular weight is 378 g/mol. The molecule has 3 aromatic rings. The van der Waals surface area contributed by atoms with E-state index in [0.29, 0.717) is 11.4 Å². The van der Waals surface area contributed by atoms with Gasteiger partial charge in [0.15, 0.2) is 0 Å². The number of H-pyrrole nitrogens is 1. The summed E-state index contributed by atoms with van der Waals surface area (Å²) < 4.78 is 49.0. The van der Waals surface area contributed by atoms with E-state index in [1.807, 2.05) is 0 Å². The molecule has 1 aromatic heterocycles. The number of rotatable bonds is 5. The van der Waals surface area contributed by atoms with Gasteiger partial charge in [-0.2, -0.15) is 13.2 Å². The van der Waals surface area contributed by atoms with Crippen molar-refractivity contribution in [3.05, 3.63) is 54.2 Å². The predicted molar refractivity (Wildman–Crippen MR) is 94.8 cm³/mol. The molecule has 0 aliphatic carbocycles. The molecule has 0 aliphatic heterocycles. The minimum Gasteiger partial charge on any atom is -0.455 e. The highest BCUT2D eigenvalue weighted by atomic mass is 19.4. The molecule has 0 saturated heterocycles. The van der Waals surface area contributed by atoms with Crippen LogP contribution in [0.15, 0.2) is 48.7 Å². The quantitative estimate of drug-likeness (QED) is 0.618. The third kappa shape index (κ3) is 4.52. The molecule has 0 saturated carbocycles. The number of carbonyl (C=O) groups is 1. The third-order valence-corrected chi connectivity index (χ3v) is 3.75. The number of ether oxygens (including phenoxy) is 2. The van der Waals surface area contributed by atoms with Crippen molar-refractivity contribution in [2.45, 2.75) is 26.3 Å². The van der Waals surface area contributed by atoms with Crippen LogP contribution in [-0.4, -0.2) is 17.2 Å². The number of benzene rings is 2. The fourth-order valence-corrected chi connectivity index (χ4v) is 2.60. The first-order valence-corrected chi connectivity index (χ1v) is 8.11. The van der Waals surface area contributed by atoms with Crippen molar-refractivity contribution in [1.29, 1.82) is 0 Å². The average Bonchev–Trinajstić information content (AvgIpc) is 2.96. The number of aromatic amines is 1. The van der Waals surface area contributed by atoms with E-state index in [4.69, 9.17) is 9.47 Å². The summed E-state index contributed by atoms with van der Waals surface area (Å²) in [4.78, 5) is 14.3. The maximum absolute atomic E-state index is 12.6. The Bertz CT molecular complexity index is 949. The SMILES string of the molecule is CC(=O)Nc1c[nH]c2ccc(OC(C)Oc3ccc(C(F)(F)F)cc3)cc12. The molecule has 3 rings (SSSR count). The molecule has 8 heteroatoms. The second kappa shape index (κ2) is 7.22. The number of carbonyl (C=O) groups excluding carboxylic acids is 1. The summed E-state index contributed by atoms with van der Waals surface area (Å²) in [6, 6.07) is 9.65. The van der Waals surface area contributed by atoms with Gasteiger partial charge in [-0.05, 0) is 42.5 Å². The minimum atomic E-state index is -4.39. The van der Waals surface area contributed by atoms with Crippen LogP contribution in [0.5, 0.6) is 11.5 Å². The Hall–Kier alpha value is -3.16. The molecule has 1 atom stereocenters. The summed E-state index contributed by atoms with van der Waals surface area (Å²) in [5.41, 5.74) is 0.702. The zero-order valence-electron chi connectivity index (χ0n) is 14.6. The van der Waals surface area contributed by atoms with Gasteiger partial charge in [0.1, 0.15) is 11.5 Å². The summed E-state index contributed by atoms with van der Waals surface area (Å²) in [5, 5.41) is 3.48. The largest absolute Gasteiger partial charge is 0.455 e. The molecule has 0 radical (unpaired) electrons. The molecule has 0 spiro atoms. The third-order valence-electron chi connectivity index (χ3n) is 3.75. The molecule has 142 valence electrons. The molecule has 1 heterocycles. The number of alkyl halides is 3. The molecule has 1 unspecified atom stereocenters.